The Morgan fingerprint density at radius 1 is 1.55 bits per heavy atom. The van der Waals surface area contributed by atoms with Crippen molar-refractivity contribution < 1.29 is 19.3 Å². The number of hydrogen-bond acceptors (Lipinski definition) is 6. The van der Waals surface area contributed by atoms with Gasteiger partial charge in [-0.25, -0.2) is 4.79 Å². The number of hydrogen-bond donors (Lipinski definition) is 2. The van der Waals surface area contributed by atoms with Gasteiger partial charge in [0.25, 0.3) is 5.56 Å². The van der Waals surface area contributed by atoms with Gasteiger partial charge in [0.2, 0.25) is 0 Å². The van der Waals surface area contributed by atoms with Crippen molar-refractivity contribution in [3.8, 4) is 0 Å². The van der Waals surface area contributed by atoms with Crippen LogP contribution in [-0.2, 0) is 14.2 Å². The van der Waals surface area contributed by atoms with Crippen molar-refractivity contribution in [2.24, 2.45) is 0 Å². The van der Waals surface area contributed by atoms with Gasteiger partial charge < -0.3 is 19.3 Å². The summed E-state index contributed by atoms with van der Waals surface area (Å²) in [7, 11) is 1.50. The second-order valence-electron chi connectivity index (χ2n) is 4.64. The Balaban J connectivity index is 2.20. The Morgan fingerprint density at radius 3 is 2.95 bits per heavy atom. The average molecular weight is 286 g/mol. The zero-order chi connectivity index (χ0) is 14.7. The third-order valence-electron chi connectivity index (χ3n) is 3.22. The quantitative estimate of drug-likeness (QED) is 0.681. The van der Waals surface area contributed by atoms with Gasteiger partial charge in [-0.3, -0.25) is 14.3 Å². The largest absolute Gasteiger partial charge is 0.394 e. The highest BCUT2D eigenvalue weighted by Crippen LogP contribution is 2.29. The van der Waals surface area contributed by atoms with Crippen molar-refractivity contribution in [3.05, 3.63) is 32.6 Å². The van der Waals surface area contributed by atoms with Crippen LogP contribution < -0.4 is 11.2 Å². The molecule has 1 fully saturated rings. The second-order valence-corrected chi connectivity index (χ2v) is 4.64. The third-order valence-corrected chi connectivity index (χ3v) is 3.22. The van der Waals surface area contributed by atoms with Crippen molar-refractivity contribution in [2.75, 3.05) is 20.5 Å². The highest BCUT2D eigenvalue weighted by Gasteiger charge is 2.37. The van der Waals surface area contributed by atoms with Gasteiger partial charge in [-0.1, -0.05) is 0 Å². The monoisotopic (exact) mass is 286 g/mol. The molecule has 2 N–H and O–H groups in total. The molecular formula is C12H18N2O6. The van der Waals surface area contributed by atoms with E-state index >= 15 is 0 Å². The van der Waals surface area contributed by atoms with Gasteiger partial charge in [-0.05, 0) is 6.92 Å². The Kier molecular flexibility index (Phi) is 4.71. The van der Waals surface area contributed by atoms with Crippen LogP contribution in [-0.4, -0.2) is 47.4 Å². The van der Waals surface area contributed by atoms with Gasteiger partial charge in [-0.2, -0.15) is 0 Å². The van der Waals surface area contributed by atoms with Crippen LogP contribution in [0.4, 0.5) is 0 Å². The van der Waals surface area contributed by atoms with E-state index in [1.54, 1.807) is 6.92 Å². The molecule has 0 spiro atoms. The molecule has 8 nitrogen and oxygen atoms in total. The Labute approximate surface area is 114 Å². The molecule has 1 aliphatic rings. The fourth-order valence-electron chi connectivity index (χ4n) is 2.17. The summed E-state index contributed by atoms with van der Waals surface area (Å²) in [6.45, 7) is 1.46. The summed E-state index contributed by atoms with van der Waals surface area (Å²) in [4.78, 5) is 25.4. The minimum atomic E-state index is -0.586. The number of nitrogens with zero attached hydrogens (tertiary/aromatic N) is 1. The molecule has 2 heterocycles. The highest BCUT2D eigenvalue weighted by atomic mass is 16.7. The number of aliphatic hydroxyl groups excluding tert-OH is 1. The van der Waals surface area contributed by atoms with E-state index in [1.807, 2.05) is 0 Å². The molecule has 1 aromatic heterocycles. The molecule has 112 valence electrons. The van der Waals surface area contributed by atoms with Crippen LogP contribution in [0.2, 0.25) is 0 Å². The molecule has 0 amide bonds. The maximum atomic E-state index is 11.8. The summed E-state index contributed by atoms with van der Waals surface area (Å²) in [5.41, 5.74) is -0.556. The molecule has 1 aliphatic heterocycles. The molecule has 0 unspecified atom stereocenters. The number of ether oxygens (including phenoxy) is 3. The molecule has 0 aliphatic carbocycles. The normalized spacial score (nSPS) is 26.1. The zero-order valence-electron chi connectivity index (χ0n) is 11.4. The fourth-order valence-corrected chi connectivity index (χ4v) is 2.17. The van der Waals surface area contributed by atoms with E-state index in [4.69, 9.17) is 14.2 Å². The average Bonchev–Trinajstić information content (AvgIpc) is 2.83. The molecule has 0 saturated carbocycles. The molecule has 2 rings (SSSR count). The van der Waals surface area contributed by atoms with Crippen LogP contribution in [0.5, 0.6) is 0 Å². The van der Waals surface area contributed by atoms with Crippen LogP contribution in [0.15, 0.2) is 15.8 Å². The van der Waals surface area contributed by atoms with Crippen molar-refractivity contribution >= 4 is 0 Å². The number of aryl methyl sites for hydroxylation is 1. The van der Waals surface area contributed by atoms with E-state index in [0.717, 1.165) is 0 Å². The van der Waals surface area contributed by atoms with Crippen molar-refractivity contribution in [1.82, 2.24) is 9.55 Å². The molecule has 0 aromatic carbocycles. The lowest BCUT2D eigenvalue weighted by Crippen LogP contribution is -2.33. The number of methoxy groups -OCH3 is 1. The molecule has 0 bridgehead atoms. The molecule has 3 atom stereocenters. The first-order valence-electron chi connectivity index (χ1n) is 6.25. The first kappa shape index (κ1) is 14.9. The van der Waals surface area contributed by atoms with Gasteiger partial charge in [0.05, 0.1) is 12.7 Å². The standard InChI is InChI=1S/C12H18N2O6/c1-7-4-14(12(17)13-11(7)16)10-3-8(19-6-18-2)9(5-15)20-10/h4,8-10,15H,3,5-6H2,1-2H3,(H,13,16,17)/t8-,9+,10+/m0/s1. The zero-order valence-corrected chi connectivity index (χ0v) is 11.4. The number of nitrogens with one attached hydrogen (secondary N) is 1. The summed E-state index contributed by atoms with van der Waals surface area (Å²) < 4.78 is 17.1. The Morgan fingerprint density at radius 2 is 2.30 bits per heavy atom. The second kappa shape index (κ2) is 6.31. The minimum Gasteiger partial charge on any atom is -0.394 e. The topological polar surface area (TPSA) is 103 Å². The molecule has 20 heavy (non-hydrogen) atoms. The van der Waals surface area contributed by atoms with Crippen molar-refractivity contribution in [1.29, 1.82) is 0 Å². The fraction of sp³-hybridized carbons (Fsp3) is 0.667. The Bertz CT molecular complexity index is 566. The molecule has 1 aromatic rings. The van der Waals surface area contributed by atoms with Gasteiger partial charge in [0.1, 0.15) is 19.1 Å². The first-order chi connectivity index (χ1) is 9.56. The summed E-state index contributed by atoms with van der Waals surface area (Å²) >= 11 is 0. The van der Waals surface area contributed by atoms with Crippen LogP contribution in [0.3, 0.4) is 0 Å². The lowest BCUT2D eigenvalue weighted by molar-refractivity contribution is -0.108. The molecule has 1 saturated heterocycles. The smallest absolute Gasteiger partial charge is 0.330 e. The number of aromatic nitrogens is 2. The van der Waals surface area contributed by atoms with E-state index < -0.39 is 23.6 Å². The number of aromatic amines is 1. The number of rotatable bonds is 5. The van der Waals surface area contributed by atoms with Crippen molar-refractivity contribution in [3.63, 3.8) is 0 Å². The lowest BCUT2D eigenvalue weighted by Gasteiger charge is -2.15. The van der Waals surface area contributed by atoms with E-state index in [1.165, 1.54) is 17.9 Å². The van der Waals surface area contributed by atoms with Crippen LogP contribution in [0.1, 0.15) is 18.2 Å². The summed E-state index contributed by atoms with van der Waals surface area (Å²) in [6, 6.07) is 0. The van der Waals surface area contributed by atoms with E-state index in [2.05, 4.69) is 4.98 Å². The van der Waals surface area contributed by atoms with Crippen molar-refractivity contribution in [2.45, 2.75) is 31.8 Å². The summed E-state index contributed by atoms with van der Waals surface area (Å²) in [5.74, 6) is 0. The van der Waals surface area contributed by atoms with E-state index in [0.29, 0.717) is 12.0 Å². The minimum absolute atomic E-state index is 0.0802. The predicted molar refractivity (Wildman–Crippen MR) is 68.4 cm³/mol. The first-order valence-corrected chi connectivity index (χ1v) is 6.25. The third kappa shape index (κ3) is 2.98. The van der Waals surface area contributed by atoms with Gasteiger partial charge in [0, 0.05) is 25.3 Å². The molecular weight excluding hydrogens is 268 g/mol. The summed E-state index contributed by atoms with van der Waals surface area (Å²) in [6.07, 6.45) is 0.342. The van der Waals surface area contributed by atoms with Gasteiger partial charge in [0.15, 0.2) is 0 Å². The van der Waals surface area contributed by atoms with Gasteiger partial charge in [-0.15, -0.1) is 0 Å². The van der Waals surface area contributed by atoms with Crippen LogP contribution >= 0.6 is 0 Å². The number of aliphatic hydroxyl groups is 1. The van der Waals surface area contributed by atoms with Crippen LogP contribution in [0.25, 0.3) is 0 Å². The predicted octanol–water partition coefficient (Wildman–Crippen LogP) is -0.886. The molecule has 0 radical (unpaired) electrons. The highest BCUT2D eigenvalue weighted by molar-refractivity contribution is 5.02. The molecule has 8 heteroatoms. The maximum Gasteiger partial charge on any atom is 0.330 e. The maximum absolute atomic E-state index is 11.8. The summed E-state index contributed by atoms with van der Waals surface area (Å²) in [5, 5.41) is 9.28. The Hall–Kier alpha value is -1.48. The van der Waals surface area contributed by atoms with E-state index in [9.17, 15) is 14.7 Å². The SMILES string of the molecule is COCO[C@H]1C[C@H](n2cc(C)c(=O)[nH]c2=O)O[C@@H]1CO. The number of H-pyrrole nitrogens is 1. The van der Waals surface area contributed by atoms with E-state index in [-0.39, 0.29) is 19.5 Å². The lowest BCUT2D eigenvalue weighted by atomic mass is 10.2. The van der Waals surface area contributed by atoms with Gasteiger partial charge >= 0.3 is 5.69 Å². The van der Waals surface area contributed by atoms with Crippen LogP contribution in [0, 0.1) is 6.92 Å².